The molecule has 21 heavy (non-hydrogen) atoms. The van der Waals surface area contributed by atoms with Crippen LogP contribution in [0.4, 0.5) is 10.1 Å². The van der Waals surface area contributed by atoms with Crippen LogP contribution in [0.1, 0.15) is 23.8 Å². The Morgan fingerprint density at radius 1 is 1.38 bits per heavy atom. The summed E-state index contributed by atoms with van der Waals surface area (Å²) in [5.74, 6) is -0.436. The maximum absolute atomic E-state index is 13.1. The molecule has 1 N–H and O–H groups in total. The van der Waals surface area contributed by atoms with Crippen LogP contribution in [-0.4, -0.2) is 23.9 Å². The molecule has 5 heteroatoms. The lowest BCUT2D eigenvalue weighted by molar-refractivity contribution is -0.117. The molecule has 1 saturated heterocycles. The lowest BCUT2D eigenvalue weighted by Gasteiger charge is -2.22. The molecule has 3 rings (SSSR count). The van der Waals surface area contributed by atoms with E-state index in [0.29, 0.717) is 18.3 Å². The van der Waals surface area contributed by atoms with Crippen molar-refractivity contribution in [2.75, 3.05) is 18.4 Å². The molecule has 110 valence electrons. The zero-order valence-corrected chi connectivity index (χ0v) is 12.4. The summed E-state index contributed by atoms with van der Waals surface area (Å²) in [5, 5.41) is 4.83. The molecule has 0 bridgehead atoms. The second-order valence-corrected chi connectivity index (χ2v) is 6.18. The second-order valence-electron chi connectivity index (χ2n) is 5.20. The summed E-state index contributed by atoms with van der Waals surface area (Å²) in [5.41, 5.74) is 0.506. The van der Waals surface area contributed by atoms with E-state index in [-0.39, 0.29) is 11.7 Å². The normalized spacial score (nSPS) is 18.8. The van der Waals surface area contributed by atoms with Gasteiger partial charge < -0.3 is 5.32 Å². The molecule has 2 heterocycles. The van der Waals surface area contributed by atoms with E-state index in [9.17, 15) is 9.18 Å². The first-order valence-electron chi connectivity index (χ1n) is 7.05. The molecular formula is C16H17FN2OS. The summed E-state index contributed by atoms with van der Waals surface area (Å²) in [6.45, 7) is 1.28. The lowest BCUT2D eigenvalue weighted by atomic mass is 10.2. The Bertz CT molecular complexity index is 614. The maximum atomic E-state index is 13.1. The number of carbonyl (C=O) groups excluding carboxylic acids is 1. The number of halogens is 1. The Kier molecular flexibility index (Phi) is 4.31. The quantitative estimate of drug-likeness (QED) is 0.935. The highest BCUT2D eigenvalue weighted by Crippen LogP contribution is 2.34. The van der Waals surface area contributed by atoms with E-state index in [0.717, 1.165) is 19.4 Å². The highest BCUT2D eigenvalue weighted by Gasteiger charge is 2.28. The zero-order valence-electron chi connectivity index (χ0n) is 11.6. The van der Waals surface area contributed by atoms with Gasteiger partial charge in [-0.25, -0.2) is 4.39 Å². The van der Waals surface area contributed by atoms with Gasteiger partial charge in [-0.3, -0.25) is 9.69 Å². The van der Waals surface area contributed by atoms with E-state index in [1.165, 1.54) is 17.0 Å². The molecular weight excluding hydrogens is 287 g/mol. The van der Waals surface area contributed by atoms with E-state index < -0.39 is 0 Å². The van der Waals surface area contributed by atoms with Crippen molar-refractivity contribution in [3.63, 3.8) is 0 Å². The number of nitrogens with one attached hydrogen (secondary N) is 1. The summed E-state index contributed by atoms with van der Waals surface area (Å²) in [4.78, 5) is 15.6. The van der Waals surface area contributed by atoms with Gasteiger partial charge in [0.05, 0.1) is 6.54 Å². The summed E-state index contributed by atoms with van der Waals surface area (Å²) < 4.78 is 13.1. The standard InChI is InChI=1S/C16H17FN2OS/c17-12-4-1-5-13(10-12)18-16(20)11-19-8-2-6-14(19)15-7-3-9-21-15/h1,3-5,7,9-10,14H,2,6,8,11H2,(H,18,20). The monoisotopic (exact) mass is 304 g/mol. The van der Waals surface area contributed by atoms with Gasteiger partial charge in [-0.1, -0.05) is 12.1 Å². The molecule has 1 aromatic heterocycles. The van der Waals surface area contributed by atoms with Crippen LogP contribution in [-0.2, 0) is 4.79 Å². The molecule has 0 spiro atoms. The van der Waals surface area contributed by atoms with Crippen LogP contribution in [0.15, 0.2) is 41.8 Å². The van der Waals surface area contributed by atoms with E-state index in [4.69, 9.17) is 0 Å². The molecule has 0 aliphatic carbocycles. The van der Waals surface area contributed by atoms with Crippen LogP contribution < -0.4 is 5.32 Å². The fourth-order valence-electron chi connectivity index (χ4n) is 2.77. The summed E-state index contributed by atoms with van der Waals surface area (Å²) >= 11 is 1.73. The number of anilines is 1. The number of hydrogen-bond donors (Lipinski definition) is 1. The van der Waals surface area contributed by atoms with Crippen molar-refractivity contribution in [2.24, 2.45) is 0 Å². The highest BCUT2D eigenvalue weighted by molar-refractivity contribution is 7.10. The van der Waals surface area contributed by atoms with Gasteiger partial charge in [-0.05, 0) is 49.0 Å². The summed E-state index contributed by atoms with van der Waals surface area (Å²) in [6, 6.07) is 10.5. The number of rotatable bonds is 4. The van der Waals surface area contributed by atoms with Crippen molar-refractivity contribution >= 4 is 22.9 Å². The first kappa shape index (κ1) is 14.2. The van der Waals surface area contributed by atoms with Gasteiger partial charge in [-0.15, -0.1) is 11.3 Å². The Labute approximate surface area is 127 Å². The molecule has 1 fully saturated rings. The molecule has 1 aromatic carbocycles. The van der Waals surface area contributed by atoms with E-state index in [1.54, 1.807) is 23.5 Å². The second kappa shape index (κ2) is 6.37. The smallest absolute Gasteiger partial charge is 0.238 e. The van der Waals surface area contributed by atoms with E-state index >= 15 is 0 Å². The van der Waals surface area contributed by atoms with E-state index in [1.807, 2.05) is 6.07 Å². The topological polar surface area (TPSA) is 32.3 Å². The molecule has 1 atom stereocenters. The van der Waals surface area contributed by atoms with Crippen molar-refractivity contribution in [2.45, 2.75) is 18.9 Å². The Morgan fingerprint density at radius 3 is 3.05 bits per heavy atom. The fourth-order valence-corrected chi connectivity index (χ4v) is 3.67. The number of amides is 1. The van der Waals surface area contributed by atoms with Crippen molar-refractivity contribution in [1.82, 2.24) is 4.90 Å². The van der Waals surface area contributed by atoms with Crippen LogP contribution >= 0.6 is 11.3 Å². The molecule has 1 aliphatic rings. The predicted octanol–water partition coefficient (Wildman–Crippen LogP) is 3.66. The minimum Gasteiger partial charge on any atom is -0.325 e. The molecule has 3 nitrogen and oxygen atoms in total. The minimum absolute atomic E-state index is 0.0935. The number of nitrogens with zero attached hydrogens (tertiary/aromatic N) is 1. The van der Waals surface area contributed by atoms with Crippen molar-refractivity contribution in [1.29, 1.82) is 0 Å². The number of thiophene rings is 1. The molecule has 0 radical (unpaired) electrons. The average Bonchev–Trinajstić information content (AvgIpc) is 3.08. The Hall–Kier alpha value is -1.72. The van der Waals surface area contributed by atoms with Crippen LogP contribution in [0.3, 0.4) is 0 Å². The molecule has 2 aromatic rings. The fraction of sp³-hybridized carbons (Fsp3) is 0.312. The Morgan fingerprint density at radius 2 is 2.29 bits per heavy atom. The number of likely N-dealkylation sites (tertiary alicyclic amines) is 1. The zero-order chi connectivity index (χ0) is 14.7. The average molecular weight is 304 g/mol. The lowest BCUT2D eigenvalue weighted by Crippen LogP contribution is -2.32. The van der Waals surface area contributed by atoms with Gasteiger partial charge in [-0.2, -0.15) is 0 Å². The largest absolute Gasteiger partial charge is 0.325 e. The van der Waals surface area contributed by atoms with Gasteiger partial charge >= 0.3 is 0 Å². The van der Waals surface area contributed by atoms with Gasteiger partial charge in [0.2, 0.25) is 5.91 Å². The van der Waals surface area contributed by atoms with Crippen molar-refractivity contribution in [3.05, 3.63) is 52.5 Å². The highest BCUT2D eigenvalue weighted by atomic mass is 32.1. The summed E-state index contributed by atoms with van der Waals surface area (Å²) in [7, 11) is 0. The van der Waals surface area contributed by atoms with Crippen molar-refractivity contribution in [3.8, 4) is 0 Å². The molecule has 1 amide bonds. The first-order chi connectivity index (χ1) is 10.2. The van der Waals surface area contributed by atoms with Crippen molar-refractivity contribution < 1.29 is 9.18 Å². The van der Waals surface area contributed by atoms with E-state index in [2.05, 4.69) is 21.7 Å². The third kappa shape index (κ3) is 3.49. The van der Waals surface area contributed by atoms with Crippen LogP contribution in [0.2, 0.25) is 0 Å². The third-order valence-electron chi connectivity index (χ3n) is 3.69. The van der Waals surface area contributed by atoms with Gasteiger partial charge in [0.1, 0.15) is 5.82 Å². The molecule has 0 saturated carbocycles. The SMILES string of the molecule is O=C(CN1CCCC1c1cccs1)Nc1cccc(F)c1. The Balaban J connectivity index is 1.62. The summed E-state index contributed by atoms with van der Waals surface area (Å²) in [6.07, 6.45) is 2.20. The van der Waals surface area contributed by atoms with Crippen LogP contribution in [0, 0.1) is 5.82 Å². The van der Waals surface area contributed by atoms with Crippen LogP contribution in [0.25, 0.3) is 0 Å². The van der Waals surface area contributed by atoms with Gasteiger partial charge in [0.25, 0.3) is 0 Å². The third-order valence-corrected chi connectivity index (χ3v) is 4.66. The minimum atomic E-state index is -0.342. The number of benzene rings is 1. The first-order valence-corrected chi connectivity index (χ1v) is 7.93. The van der Waals surface area contributed by atoms with Gasteiger partial charge in [0, 0.05) is 16.6 Å². The predicted molar refractivity (Wildman–Crippen MR) is 82.9 cm³/mol. The maximum Gasteiger partial charge on any atom is 0.238 e. The van der Waals surface area contributed by atoms with Crippen LogP contribution in [0.5, 0.6) is 0 Å². The molecule has 1 aliphatic heterocycles. The number of hydrogen-bond acceptors (Lipinski definition) is 3. The number of carbonyl (C=O) groups is 1. The van der Waals surface area contributed by atoms with Gasteiger partial charge in [0.15, 0.2) is 0 Å². The molecule has 1 unspecified atom stereocenters.